The van der Waals surface area contributed by atoms with E-state index in [1.165, 1.54) is 0 Å². The van der Waals surface area contributed by atoms with E-state index in [0.717, 1.165) is 27.9 Å². The van der Waals surface area contributed by atoms with E-state index in [-0.39, 0.29) is 12.2 Å². The Morgan fingerprint density at radius 1 is 1.35 bits per heavy atom. The summed E-state index contributed by atoms with van der Waals surface area (Å²) in [6.45, 7) is 0. The molecule has 1 fully saturated rings. The second-order valence-corrected chi connectivity index (χ2v) is 7.41. The molecule has 6 heteroatoms. The minimum Gasteiger partial charge on any atom is -0.484 e. The summed E-state index contributed by atoms with van der Waals surface area (Å²) in [5.41, 5.74) is -0.407. The van der Waals surface area contributed by atoms with Crippen LogP contribution in [0, 0.1) is 0 Å². The Hall–Kier alpha value is -1.53. The standard InChI is InChI=1S/C17H18BrNO3S/c1-19-16(20)22-17(8-9-17)11-14(15-7-4-10-23-15)21-13-6-3-2-5-12(13)18/h2-7,10,14H,8-9,11H2,1H3,(H,19,20). The van der Waals surface area contributed by atoms with Crippen LogP contribution >= 0.6 is 27.3 Å². The number of benzene rings is 1. The lowest BCUT2D eigenvalue weighted by Gasteiger charge is -2.24. The molecule has 1 aromatic heterocycles. The molecule has 1 saturated carbocycles. The summed E-state index contributed by atoms with van der Waals surface area (Å²) in [5, 5.41) is 4.55. The predicted octanol–water partition coefficient (Wildman–Crippen LogP) is 4.91. The quantitative estimate of drug-likeness (QED) is 0.755. The molecule has 0 bridgehead atoms. The number of ether oxygens (including phenoxy) is 2. The van der Waals surface area contributed by atoms with Crippen molar-refractivity contribution in [3.63, 3.8) is 0 Å². The monoisotopic (exact) mass is 395 g/mol. The Morgan fingerprint density at radius 3 is 2.74 bits per heavy atom. The first-order valence-electron chi connectivity index (χ1n) is 7.47. The molecule has 1 aromatic carbocycles. The van der Waals surface area contributed by atoms with Crippen LogP contribution in [-0.2, 0) is 4.74 Å². The minimum atomic E-state index is -0.407. The molecule has 23 heavy (non-hydrogen) atoms. The molecule has 4 nitrogen and oxygen atoms in total. The van der Waals surface area contributed by atoms with Crippen LogP contribution in [-0.4, -0.2) is 18.7 Å². The highest BCUT2D eigenvalue weighted by molar-refractivity contribution is 9.10. The summed E-state index contributed by atoms with van der Waals surface area (Å²) in [6.07, 6.45) is 1.89. The van der Waals surface area contributed by atoms with Gasteiger partial charge in [0.2, 0.25) is 0 Å². The van der Waals surface area contributed by atoms with Crippen molar-refractivity contribution in [1.82, 2.24) is 5.32 Å². The van der Waals surface area contributed by atoms with E-state index in [2.05, 4.69) is 27.3 Å². The number of nitrogens with one attached hydrogen (secondary N) is 1. The van der Waals surface area contributed by atoms with E-state index in [0.29, 0.717) is 6.42 Å². The zero-order valence-electron chi connectivity index (χ0n) is 12.8. The average molecular weight is 396 g/mol. The number of thiophene rings is 1. The third-order valence-electron chi connectivity index (χ3n) is 3.84. The Morgan fingerprint density at radius 2 is 2.13 bits per heavy atom. The largest absolute Gasteiger partial charge is 0.484 e. The highest BCUT2D eigenvalue weighted by atomic mass is 79.9. The summed E-state index contributed by atoms with van der Waals surface area (Å²) < 4.78 is 12.7. The first-order chi connectivity index (χ1) is 11.1. The number of rotatable bonds is 6. The van der Waals surface area contributed by atoms with Crippen LogP contribution in [0.5, 0.6) is 5.75 Å². The van der Waals surface area contributed by atoms with Gasteiger partial charge in [0.15, 0.2) is 0 Å². The SMILES string of the molecule is CNC(=O)OC1(CC(Oc2ccccc2Br)c2cccs2)CC1. The zero-order chi connectivity index (χ0) is 16.3. The molecule has 1 heterocycles. The van der Waals surface area contributed by atoms with Crippen molar-refractivity contribution in [2.75, 3.05) is 7.05 Å². The van der Waals surface area contributed by atoms with Gasteiger partial charge in [-0.05, 0) is 52.4 Å². The second-order valence-electron chi connectivity index (χ2n) is 5.58. The number of carbonyl (C=O) groups is 1. The molecule has 0 aliphatic heterocycles. The van der Waals surface area contributed by atoms with Crippen molar-refractivity contribution in [3.8, 4) is 5.75 Å². The van der Waals surface area contributed by atoms with Crippen molar-refractivity contribution in [2.24, 2.45) is 0 Å². The number of hydrogen-bond acceptors (Lipinski definition) is 4. The van der Waals surface area contributed by atoms with Gasteiger partial charge in [0, 0.05) is 18.3 Å². The van der Waals surface area contributed by atoms with Gasteiger partial charge in [0.25, 0.3) is 0 Å². The van der Waals surface area contributed by atoms with Gasteiger partial charge < -0.3 is 14.8 Å². The van der Waals surface area contributed by atoms with E-state index in [9.17, 15) is 4.79 Å². The van der Waals surface area contributed by atoms with Crippen LogP contribution in [0.3, 0.4) is 0 Å². The summed E-state index contributed by atoms with van der Waals surface area (Å²) >= 11 is 5.17. The van der Waals surface area contributed by atoms with Gasteiger partial charge in [0.1, 0.15) is 17.5 Å². The van der Waals surface area contributed by atoms with Crippen LogP contribution < -0.4 is 10.1 Å². The molecule has 1 atom stereocenters. The molecular weight excluding hydrogens is 378 g/mol. The van der Waals surface area contributed by atoms with E-state index in [4.69, 9.17) is 9.47 Å². The zero-order valence-corrected chi connectivity index (χ0v) is 15.2. The number of hydrogen-bond donors (Lipinski definition) is 1. The Labute approximate surface area is 147 Å². The number of halogens is 1. The summed E-state index contributed by atoms with van der Waals surface area (Å²) in [7, 11) is 1.58. The maximum Gasteiger partial charge on any atom is 0.407 e. The summed E-state index contributed by atoms with van der Waals surface area (Å²) in [4.78, 5) is 12.7. The van der Waals surface area contributed by atoms with Crippen molar-refractivity contribution < 1.29 is 14.3 Å². The Bertz CT molecular complexity index is 670. The van der Waals surface area contributed by atoms with Gasteiger partial charge in [-0.1, -0.05) is 18.2 Å². The molecule has 1 amide bonds. The topological polar surface area (TPSA) is 47.6 Å². The highest BCUT2D eigenvalue weighted by Crippen LogP contribution is 2.48. The van der Waals surface area contributed by atoms with Gasteiger partial charge in [-0.25, -0.2) is 4.79 Å². The summed E-state index contributed by atoms with van der Waals surface area (Å²) in [5.74, 6) is 0.793. The van der Waals surface area contributed by atoms with Crippen molar-refractivity contribution in [3.05, 3.63) is 51.1 Å². The third-order valence-corrected chi connectivity index (χ3v) is 5.46. The molecule has 0 radical (unpaired) electrons. The molecule has 1 unspecified atom stereocenters. The Balaban J connectivity index is 1.77. The van der Waals surface area contributed by atoms with E-state index in [1.54, 1.807) is 18.4 Å². The molecule has 122 valence electrons. The smallest absolute Gasteiger partial charge is 0.407 e. The van der Waals surface area contributed by atoms with Gasteiger partial charge in [0.05, 0.1) is 4.47 Å². The average Bonchev–Trinajstić information content (AvgIpc) is 3.08. The highest BCUT2D eigenvalue weighted by Gasteiger charge is 2.49. The first-order valence-corrected chi connectivity index (χ1v) is 9.14. The molecular formula is C17H18BrNO3S. The molecule has 1 N–H and O–H groups in total. The molecule has 1 aliphatic rings. The molecule has 0 saturated heterocycles. The summed E-state index contributed by atoms with van der Waals surface area (Å²) in [6, 6.07) is 11.9. The number of carbonyl (C=O) groups excluding carboxylic acids is 1. The lowest BCUT2D eigenvalue weighted by molar-refractivity contribution is 0.0476. The third kappa shape index (κ3) is 4.06. The fourth-order valence-corrected chi connectivity index (χ4v) is 3.57. The van der Waals surface area contributed by atoms with Gasteiger partial charge in [-0.2, -0.15) is 0 Å². The molecule has 3 rings (SSSR count). The van der Waals surface area contributed by atoms with Crippen molar-refractivity contribution >= 4 is 33.4 Å². The van der Waals surface area contributed by atoms with E-state index < -0.39 is 5.60 Å². The van der Waals surface area contributed by atoms with Crippen molar-refractivity contribution in [2.45, 2.75) is 31.0 Å². The Kier molecular flexibility index (Phi) is 4.92. The van der Waals surface area contributed by atoms with Crippen LogP contribution in [0.25, 0.3) is 0 Å². The fourth-order valence-electron chi connectivity index (χ4n) is 2.44. The van der Waals surface area contributed by atoms with Gasteiger partial charge in [-0.3, -0.25) is 0 Å². The van der Waals surface area contributed by atoms with Gasteiger partial charge >= 0.3 is 6.09 Å². The van der Waals surface area contributed by atoms with Crippen LogP contribution in [0.2, 0.25) is 0 Å². The maximum atomic E-state index is 11.6. The molecule has 0 spiro atoms. The maximum absolute atomic E-state index is 11.6. The number of alkyl carbamates (subject to hydrolysis) is 1. The van der Waals surface area contributed by atoms with Crippen LogP contribution in [0.1, 0.15) is 30.2 Å². The first kappa shape index (κ1) is 16.3. The lowest BCUT2D eigenvalue weighted by Crippen LogP contribution is -2.29. The fraction of sp³-hybridized carbons (Fsp3) is 0.353. The lowest BCUT2D eigenvalue weighted by atomic mass is 10.1. The molecule has 2 aromatic rings. The molecule has 1 aliphatic carbocycles. The second kappa shape index (κ2) is 6.93. The van der Waals surface area contributed by atoms with E-state index in [1.807, 2.05) is 35.7 Å². The van der Waals surface area contributed by atoms with E-state index >= 15 is 0 Å². The van der Waals surface area contributed by atoms with Crippen molar-refractivity contribution in [1.29, 1.82) is 0 Å². The predicted molar refractivity (Wildman–Crippen MR) is 94.0 cm³/mol. The van der Waals surface area contributed by atoms with Crippen LogP contribution in [0.4, 0.5) is 4.79 Å². The normalized spacial score (nSPS) is 16.4. The van der Waals surface area contributed by atoms with Gasteiger partial charge in [-0.15, -0.1) is 11.3 Å². The van der Waals surface area contributed by atoms with Crippen LogP contribution in [0.15, 0.2) is 46.3 Å². The number of para-hydroxylation sites is 1. The minimum absolute atomic E-state index is 0.138. The number of amides is 1.